The van der Waals surface area contributed by atoms with Crippen LogP contribution in [0.4, 0.5) is 0 Å². The van der Waals surface area contributed by atoms with Crippen LogP contribution >= 0.6 is 7.82 Å². The highest BCUT2D eigenvalue weighted by Gasteiger charge is 2.23. The Bertz CT molecular complexity index is 1430. The number of phosphoric ester groups is 1. The first kappa shape index (κ1) is 77.5. The number of carbonyl (C=O) groups is 1. The molecule has 0 heterocycles. The van der Waals surface area contributed by atoms with Gasteiger partial charge in [-0.1, -0.05) is 319 Å². The minimum Gasteiger partial charge on any atom is -0.756 e. The van der Waals surface area contributed by atoms with Gasteiger partial charge in [0.1, 0.15) is 13.2 Å². The molecule has 0 aromatic heterocycles. The molecule has 79 heavy (non-hydrogen) atoms. The topological polar surface area (TPSA) is 108 Å². The molecule has 1 amide bonds. The second-order valence-corrected chi connectivity index (χ2v) is 26.3. The first-order chi connectivity index (χ1) is 38.5. The summed E-state index contributed by atoms with van der Waals surface area (Å²) < 4.78 is 23.4. The number of rotatable bonds is 64. The number of likely N-dealkylation sites (N-methyl/N-ethyl adjacent to an activating group) is 1. The number of aliphatic hydroxyl groups is 1. The van der Waals surface area contributed by atoms with Crippen LogP contribution in [0.3, 0.4) is 0 Å². The van der Waals surface area contributed by atoms with Crippen molar-refractivity contribution in [1.82, 2.24) is 5.32 Å². The highest BCUT2D eigenvalue weighted by atomic mass is 31.2. The molecule has 3 unspecified atom stereocenters. The smallest absolute Gasteiger partial charge is 0.268 e. The van der Waals surface area contributed by atoms with E-state index in [0.29, 0.717) is 17.4 Å². The second kappa shape index (κ2) is 61.0. The Morgan fingerprint density at radius 3 is 1.10 bits per heavy atom. The Morgan fingerprint density at radius 1 is 0.443 bits per heavy atom. The molecule has 466 valence electrons. The maximum absolute atomic E-state index is 13.0. The number of carbonyl (C=O) groups excluding carboxylic acids is 1. The minimum absolute atomic E-state index is 0.00485. The van der Waals surface area contributed by atoms with E-state index >= 15 is 0 Å². The van der Waals surface area contributed by atoms with Crippen molar-refractivity contribution >= 4 is 13.7 Å². The van der Waals surface area contributed by atoms with Gasteiger partial charge in [0, 0.05) is 6.42 Å². The molecule has 0 rings (SSSR count). The molecular weight excluding hydrogens is 996 g/mol. The van der Waals surface area contributed by atoms with Gasteiger partial charge in [-0.3, -0.25) is 9.36 Å². The van der Waals surface area contributed by atoms with E-state index in [1.165, 1.54) is 276 Å². The molecular formula is C70H135N2O6P. The molecule has 0 fully saturated rings. The summed E-state index contributed by atoms with van der Waals surface area (Å²) in [4.78, 5) is 25.6. The molecule has 8 nitrogen and oxygen atoms in total. The molecule has 0 aromatic carbocycles. The molecule has 0 aromatic rings. The largest absolute Gasteiger partial charge is 0.756 e. The van der Waals surface area contributed by atoms with E-state index in [9.17, 15) is 19.4 Å². The van der Waals surface area contributed by atoms with Crippen LogP contribution in [-0.4, -0.2) is 68.5 Å². The van der Waals surface area contributed by atoms with Crippen molar-refractivity contribution in [3.05, 3.63) is 48.6 Å². The first-order valence-corrected chi connectivity index (χ1v) is 36.0. The standard InChI is InChI=1S/C70H135N2O6P/c1-6-8-10-12-14-16-18-20-22-24-26-27-28-29-30-31-32-33-34-35-36-37-38-39-40-41-42-43-44-45-46-48-50-52-54-56-58-60-62-64-70(74)71-68(67-78-79(75,76)77-66-65-72(3,4)5)69(73)63-61-59-57-55-53-51-49-47-25-23-21-19-17-15-13-11-9-7-2/h18,20,24,26,53,55,61,63,68-69,73H,6-17,19,21-23,25,27-52,54,56-60,62,64-67H2,1-5H3,(H-,71,74,75,76)/b20-18-,26-24-,55-53+,63-61+. The van der Waals surface area contributed by atoms with Crippen molar-refractivity contribution in [3.63, 3.8) is 0 Å². The number of hydrogen-bond acceptors (Lipinski definition) is 6. The second-order valence-electron chi connectivity index (χ2n) is 24.9. The Morgan fingerprint density at radius 2 is 0.747 bits per heavy atom. The summed E-state index contributed by atoms with van der Waals surface area (Å²) in [5.41, 5.74) is 0. The zero-order chi connectivity index (χ0) is 57.7. The van der Waals surface area contributed by atoms with Gasteiger partial charge in [-0.05, 0) is 64.2 Å². The number of phosphoric acid groups is 1. The molecule has 0 aliphatic heterocycles. The molecule has 0 saturated carbocycles. The highest BCUT2D eigenvalue weighted by Crippen LogP contribution is 2.38. The van der Waals surface area contributed by atoms with E-state index < -0.39 is 20.0 Å². The summed E-state index contributed by atoms with van der Waals surface area (Å²) in [7, 11) is 1.26. The van der Waals surface area contributed by atoms with Crippen LogP contribution in [-0.2, 0) is 18.4 Å². The molecule has 0 bridgehead atoms. The molecule has 2 N–H and O–H groups in total. The van der Waals surface area contributed by atoms with Crippen LogP contribution in [0, 0.1) is 0 Å². The Hall–Kier alpha value is -1.54. The maximum atomic E-state index is 13.0. The van der Waals surface area contributed by atoms with Gasteiger partial charge in [0.05, 0.1) is 39.9 Å². The number of nitrogens with one attached hydrogen (secondary N) is 1. The fourth-order valence-corrected chi connectivity index (χ4v) is 11.1. The van der Waals surface area contributed by atoms with Crippen LogP contribution in [0.15, 0.2) is 48.6 Å². The number of unbranched alkanes of at least 4 members (excludes halogenated alkanes) is 45. The predicted octanol–water partition coefficient (Wildman–Crippen LogP) is 21.2. The van der Waals surface area contributed by atoms with Crippen molar-refractivity contribution in [2.45, 2.75) is 353 Å². The van der Waals surface area contributed by atoms with E-state index in [1.807, 2.05) is 27.2 Å². The fourth-order valence-electron chi connectivity index (χ4n) is 10.4. The van der Waals surface area contributed by atoms with Crippen LogP contribution in [0.1, 0.15) is 341 Å². The van der Waals surface area contributed by atoms with Gasteiger partial charge >= 0.3 is 0 Å². The molecule has 3 atom stereocenters. The van der Waals surface area contributed by atoms with E-state index in [2.05, 4.69) is 55.6 Å². The van der Waals surface area contributed by atoms with Gasteiger partial charge < -0.3 is 28.8 Å². The van der Waals surface area contributed by atoms with Crippen molar-refractivity contribution < 1.29 is 32.9 Å². The third kappa shape index (κ3) is 63.9. The van der Waals surface area contributed by atoms with Gasteiger partial charge in [0.2, 0.25) is 5.91 Å². The summed E-state index contributed by atoms with van der Waals surface area (Å²) in [5.74, 6) is -0.201. The van der Waals surface area contributed by atoms with E-state index in [0.717, 1.165) is 44.9 Å². The quantitative estimate of drug-likeness (QED) is 0.0272. The normalized spacial score (nSPS) is 14.0. The molecule has 0 aliphatic rings. The van der Waals surface area contributed by atoms with Gasteiger partial charge in [0.15, 0.2) is 0 Å². The summed E-state index contributed by atoms with van der Waals surface area (Å²) in [6.45, 7) is 4.66. The van der Waals surface area contributed by atoms with E-state index in [1.54, 1.807) is 6.08 Å². The van der Waals surface area contributed by atoms with Gasteiger partial charge in [-0.15, -0.1) is 0 Å². The lowest BCUT2D eigenvalue weighted by Gasteiger charge is -2.29. The molecule has 0 radical (unpaired) electrons. The molecule has 0 aliphatic carbocycles. The minimum atomic E-state index is -4.61. The monoisotopic (exact) mass is 1130 g/mol. The predicted molar refractivity (Wildman–Crippen MR) is 344 cm³/mol. The third-order valence-corrected chi connectivity index (χ3v) is 16.7. The lowest BCUT2D eigenvalue weighted by Crippen LogP contribution is -2.45. The number of aliphatic hydroxyl groups excluding tert-OH is 1. The molecule has 9 heteroatoms. The van der Waals surface area contributed by atoms with Crippen LogP contribution in [0.25, 0.3) is 0 Å². The van der Waals surface area contributed by atoms with Crippen molar-refractivity contribution in [2.24, 2.45) is 0 Å². The summed E-state index contributed by atoms with van der Waals surface area (Å²) in [6.07, 6.45) is 82.5. The van der Waals surface area contributed by atoms with Gasteiger partial charge in [0.25, 0.3) is 7.82 Å². The number of nitrogens with zero attached hydrogens (tertiary/aromatic N) is 1. The average Bonchev–Trinajstić information content (AvgIpc) is 3.42. The van der Waals surface area contributed by atoms with Crippen LogP contribution in [0.5, 0.6) is 0 Å². The zero-order valence-corrected chi connectivity index (χ0v) is 54.2. The number of allylic oxidation sites excluding steroid dienone is 7. The van der Waals surface area contributed by atoms with Crippen LogP contribution in [0.2, 0.25) is 0 Å². The number of quaternary nitrogens is 1. The maximum Gasteiger partial charge on any atom is 0.268 e. The van der Waals surface area contributed by atoms with Crippen molar-refractivity contribution in [1.29, 1.82) is 0 Å². The molecule has 0 saturated heterocycles. The van der Waals surface area contributed by atoms with Gasteiger partial charge in [-0.25, -0.2) is 0 Å². The summed E-state index contributed by atoms with van der Waals surface area (Å²) in [5, 5.41) is 13.9. The molecule has 0 spiro atoms. The van der Waals surface area contributed by atoms with Crippen molar-refractivity contribution in [2.75, 3.05) is 40.9 Å². The zero-order valence-electron chi connectivity index (χ0n) is 53.3. The van der Waals surface area contributed by atoms with Gasteiger partial charge in [-0.2, -0.15) is 0 Å². The lowest BCUT2D eigenvalue weighted by molar-refractivity contribution is -0.870. The van der Waals surface area contributed by atoms with Crippen molar-refractivity contribution in [3.8, 4) is 0 Å². The highest BCUT2D eigenvalue weighted by molar-refractivity contribution is 7.45. The lowest BCUT2D eigenvalue weighted by atomic mass is 10.0. The summed E-state index contributed by atoms with van der Waals surface area (Å²) >= 11 is 0. The average molecular weight is 1130 g/mol. The summed E-state index contributed by atoms with van der Waals surface area (Å²) in [6, 6.07) is -0.903. The van der Waals surface area contributed by atoms with E-state index in [4.69, 9.17) is 9.05 Å². The third-order valence-electron chi connectivity index (χ3n) is 15.8. The van der Waals surface area contributed by atoms with Crippen LogP contribution < -0.4 is 10.2 Å². The number of amides is 1. The Balaban J connectivity index is 3.93. The Kier molecular flexibility index (Phi) is 59.8. The number of hydrogen-bond donors (Lipinski definition) is 2. The first-order valence-electron chi connectivity index (χ1n) is 34.5. The fraction of sp³-hybridized carbons (Fsp3) is 0.871. The Labute approximate surface area is 492 Å². The van der Waals surface area contributed by atoms with E-state index in [-0.39, 0.29) is 19.1 Å². The SMILES string of the molecule is CCCCCCC/C=C\C/C=C\CCCCCCCCCCCCCCCCCCCCCCCCCCCCCC(=O)NC(COP(=O)([O-])OCC[N+](C)(C)C)C(O)/C=C/CC/C=C/CCCCCCCCCCCCCC.